The number of nitrogens with zero attached hydrogens (tertiary/aromatic N) is 2. The van der Waals surface area contributed by atoms with Crippen molar-refractivity contribution in [3.05, 3.63) is 301 Å². The first-order valence-electron chi connectivity index (χ1n) is 23.8. The molecule has 0 aliphatic heterocycles. The van der Waals surface area contributed by atoms with Gasteiger partial charge in [-0.05, 0) is 133 Å². The van der Waals surface area contributed by atoms with Crippen LogP contribution in [0.4, 0.5) is 17.1 Å². The van der Waals surface area contributed by atoms with Crippen molar-refractivity contribution in [2.75, 3.05) is 4.90 Å². The van der Waals surface area contributed by atoms with Gasteiger partial charge in [-0.25, -0.2) is 0 Å². The van der Waals surface area contributed by atoms with Crippen molar-refractivity contribution < 1.29 is 0 Å². The second-order valence-corrected chi connectivity index (χ2v) is 18.1. The molecule has 0 saturated heterocycles. The number of fused-ring (bicyclic) bond motifs is 6. The summed E-state index contributed by atoms with van der Waals surface area (Å²) in [4.78, 5) is 2.41. The number of para-hydroxylation sites is 2. The first-order chi connectivity index (χ1) is 34.2. The Hall–Kier alpha value is -8.98. The fourth-order valence-corrected chi connectivity index (χ4v) is 11.2. The lowest BCUT2D eigenvalue weighted by atomic mass is 9.67. The van der Waals surface area contributed by atoms with Crippen molar-refractivity contribution in [2.24, 2.45) is 0 Å². The van der Waals surface area contributed by atoms with E-state index >= 15 is 0 Å². The Morgan fingerprint density at radius 2 is 0.696 bits per heavy atom. The molecule has 0 spiro atoms. The van der Waals surface area contributed by atoms with Crippen molar-refractivity contribution >= 4 is 38.9 Å². The minimum absolute atomic E-state index is 0.515. The van der Waals surface area contributed by atoms with Crippen LogP contribution in [0.2, 0.25) is 0 Å². The number of aromatic nitrogens is 1. The number of rotatable bonds is 9. The van der Waals surface area contributed by atoms with Crippen LogP contribution in [-0.2, 0) is 5.41 Å². The molecule has 0 N–H and O–H groups in total. The van der Waals surface area contributed by atoms with Crippen molar-refractivity contribution in [3.8, 4) is 50.2 Å². The molecule has 0 bridgehead atoms. The number of benzene rings is 11. The minimum atomic E-state index is -0.515. The van der Waals surface area contributed by atoms with Crippen LogP contribution in [0.25, 0.3) is 72.0 Å². The molecule has 2 nitrogen and oxygen atoms in total. The van der Waals surface area contributed by atoms with Gasteiger partial charge in [0, 0.05) is 33.5 Å². The molecular formula is C67H46N2. The van der Waals surface area contributed by atoms with E-state index < -0.39 is 5.41 Å². The predicted octanol–water partition coefficient (Wildman–Crippen LogP) is 17.6. The average Bonchev–Trinajstić information content (AvgIpc) is 3.93. The maximum absolute atomic E-state index is 2.42. The van der Waals surface area contributed by atoms with Gasteiger partial charge in [0.25, 0.3) is 0 Å². The predicted molar refractivity (Wildman–Crippen MR) is 289 cm³/mol. The maximum atomic E-state index is 2.42. The molecule has 0 amide bonds. The molecule has 69 heavy (non-hydrogen) atoms. The largest absolute Gasteiger partial charge is 0.310 e. The van der Waals surface area contributed by atoms with Crippen LogP contribution in [-0.4, -0.2) is 4.57 Å². The fraction of sp³-hybridized carbons (Fsp3) is 0.0149. The van der Waals surface area contributed by atoms with Gasteiger partial charge in [0.2, 0.25) is 0 Å². The Morgan fingerprint density at radius 3 is 1.28 bits per heavy atom. The van der Waals surface area contributed by atoms with Crippen LogP contribution in [0.3, 0.4) is 0 Å². The molecule has 12 aromatic rings. The first-order valence-corrected chi connectivity index (χ1v) is 23.8. The van der Waals surface area contributed by atoms with Crippen LogP contribution in [0.1, 0.15) is 22.3 Å². The van der Waals surface area contributed by atoms with E-state index in [4.69, 9.17) is 0 Å². The summed E-state index contributed by atoms with van der Waals surface area (Å²) in [6, 6.07) is 102. The van der Waals surface area contributed by atoms with Gasteiger partial charge in [0.1, 0.15) is 0 Å². The first kappa shape index (κ1) is 40.3. The van der Waals surface area contributed by atoms with Crippen LogP contribution >= 0.6 is 0 Å². The summed E-state index contributed by atoms with van der Waals surface area (Å²) >= 11 is 0. The van der Waals surface area contributed by atoms with Crippen molar-refractivity contribution in [2.45, 2.75) is 5.41 Å². The molecule has 0 saturated carbocycles. The Bertz CT molecular complexity index is 3710. The lowest BCUT2D eigenvalue weighted by molar-refractivity contribution is 0.768. The van der Waals surface area contributed by atoms with E-state index in [1.165, 1.54) is 83.0 Å². The van der Waals surface area contributed by atoms with Gasteiger partial charge in [-0.2, -0.15) is 0 Å². The number of hydrogen-bond donors (Lipinski definition) is 0. The normalized spacial score (nSPS) is 12.5. The third kappa shape index (κ3) is 6.72. The highest BCUT2D eigenvalue weighted by Gasteiger charge is 2.46. The fourth-order valence-electron chi connectivity index (χ4n) is 11.2. The second-order valence-electron chi connectivity index (χ2n) is 18.1. The number of anilines is 3. The minimum Gasteiger partial charge on any atom is -0.310 e. The molecule has 324 valence electrons. The van der Waals surface area contributed by atoms with Crippen molar-refractivity contribution in [1.82, 2.24) is 4.57 Å². The zero-order valence-electron chi connectivity index (χ0n) is 38.0. The summed E-state index contributed by atoms with van der Waals surface area (Å²) in [5.74, 6) is 0. The molecule has 2 heteroatoms. The van der Waals surface area contributed by atoms with E-state index in [0.717, 1.165) is 28.3 Å². The van der Waals surface area contributed by atoms with Crippen LogP contribution in [0.15, 0.2) is 279 Å². The summed E-state index contributed by atoms with van der Waals surface area (Å²) in [6.45, 7) is 0. The molecular weight excluding hydrogens is 833 g/mol. The molecule has 0 atom stereocenters. The lowest BCUT2D eigenvalue weighted by Gasteiger charge is -2.35. The van der Waals surface area contributed by atoms with E-state index in [1.54, 1.807) is 0 Å². The summed E-state index contributed by atoms with van der Waals surface area (Å²) < 4.78 is 2.37. The monoisotopic (exact) mass is 878 g/mol. The van der Waals surface area contributed by atoms with Gasteiger partial charge in [-0.15, -0.1) is 0 Å². The average molecular weight is 879 g/mol. The van der Waals surface area contributed by atoms with Gasteiger partial charge >= 0.3 is 0 Å². The molecule has 0 fully saturated rings. The molecule has 13 rings (SSSR count). The van der Waals surface area contributed by atoms with E-state index in [2.05, 4.69) is 289 Å². The molecule has 11 aromatic carbocycles. The number of hydrogen-bond acceptors (Lipinski definition) is 1. The highest BCUT2D eigenvalue weighted by Crippen LogP contribution is 2.56. The standard InChI is InChI=1S/C67H46N2/c1-3-17-47(18-4-1)51-19-15-20-52(45-51)50-37-41-56(42-38-50)68(55-39-33-48(34-40-55)49-35-43-57(44-36-49)69-65-31-13-9-27-61(65)62-28-10-14-32-66(62)69)58-24-16-23-54(46-58)67(53-21-5-2-6-22-53)63-29-11-7-25-59(63)60-26-8-12-30-64(60)67/h1-46H. The van der Waals surface area contributed by atoms with Gasteiger partial charge in [0.05, 0.1) is 16.4 Å². The molecule has 1 heterocycles. The molecule has 0 unspecified atom stereocenters. The highest BCUT2D eigenvalue weighted by atomic mass is 15.1. The topological polar surface area (TPSA) is 8.17 Å². The van der Waals surface area contributed by atoms with E-state index in [9.17, 15) is 0 Å². The zero-order chi connectivity index (χ0) is 45.7. The Kier molecular flexibility index (Phi) is 9.77. The Balaban J connectivity index is 0.920. The van der Waals surface area contributed by atoms with E-state index in [0.29, 0.717) is 0 Å². The summed E-state index contributed by atoms with van der Waals surface area (Å²) in [5.41, 5.74) is 21.1. The summed E-state index contributed by atoms with van der Waals surface area (Å²) in [5, 5.41) is 2.53. The van der Waals surface area contributed by atoms with Gasteiger partial charge in [0.15, 0.2) is 0 Å². The quantitative estimate of drug-likeness (QED) is 0.140. The van der Waals surface area contributed by atoms with Crippen LogP contribution < -0.4 is 4.90 Å². The SMILES string of the molecule is c1ccc(-c2cccc(-c3ccc(N(c4ccc(-c5ccc(-n6c7ccccc7c7ccccc76)cc5)cc4)c4cccc(C5(c6ccccc6)c6ccccc6-c6ccccc65)c4)cc3)c2)cc1. The van der Waals surface area contributed by atoms with E-state index in [-0.39, 0.29) is 0 Å². The molecule has 1 aromatic heterocycles. The van der Waals surface area contributed by atoms with E-state index in [1.807, 2.05) is 0 Å². The third-order valence-corrected chi connectivity index (χ3v) is 14.3. The van der Waals surface area contributed by atoms with Gasteiger partial charge in [-0.3, -0.25) is 0 Å². The summed E-state index contributed by atoms with van der Waals surface area (Å²) in [7, 11) is 0. The molecule has 1 aliphatic rings. The van der Waals surface area contributed by atoms with Crippen LogP contribution in [0.5, 0.6) is 0 Å². The zero-order valence-corrected chi connectivity index (χ0v) is 38.0. The maximum Gasteiger partial charge on any atom is 0.0714 e. The highest BCUT2D eigenvalue weighted by molar-refractivity contribution is 6.09. The Labute approximate surface area is 403 Å². The van der Waals surface area contributed by atoms with Crippen LogP contribution in [0, 0.1) is 0 Å². The Morgan fingerprint density at radius 1 is 0.275 bits per heavy atom. The van der Waals surface area contributed by atoms with Crippen molar-refractivity contribution in [3.63, 3.8) is 0 Å². The molecule has 0 radical (unpaired) electrons. The smallest absolute Gasteiger partial charge is 0.0714 e. The third-order valence-electron chi connectivity index (χ3n) is 14.3. The summed E-state index contributed by atoms with van der Waals surface area (Å²) in [6.07, 6.45) is 0. The van der Waals surface area contributed by atoms with Gasteiger partial charge in [-0.1, -0.05) is 212 Å². The second kappa shape index (κ2) is 16.7. The van der Waals surface area contributed by atoms with Gasteiger partial charge < -0.3 is 9.47 Å². The molecule has 1 aliphatic carbocycles. The lowest BCUT2D eigenvalue weighted by Crippen LogP contribution is -2.28. The van der Waals surface area contributed by atoms with Crippen molar-refractivity contribution in [1.29, 1.82) is 0 Å².